The highest BCUT2D eigenvalue weighted by Gasteiger charge is 2.48. The van der Waals surface area contributed by atoms with E-state index in [0.717, 1.165) is 57.2 Å². The summed E-state index contributed by atoms with van der Waals surface area (Å²) in [5, 5.41) is 9.10. The largest absolute Gasteiger partial charge is 0.434 e. The third-order valence-electron chi connectivity index (χ3n) is 7.08. The van der Waals surface area contributed by atoms with Crippen LogP contribution in [0.5, 0.6) is 0 Å². The standard InChI is InChI=1S/C25H28F3N3O/c26-25(27,28)22-20(16-29)15-19(17-31-22)7-1-3-9-23(21-8-2-6-13-30-21)12-14-32-24(18-23)10-4-5-11-24/h2,6,8,13,15,17H,1,3-5,7,9-12,14,18H2/t23-/m1/s1. The Labute approximate surface area is 186 Å². The molecule has 0 amide bonds. The van der Waals surface area contributed by atoms with Crippen LogP contribution in [0.25, 0.3) is 0 Å². The van der Waals surface area contributed by atoms with E-state index in [-0.39, 0.29) is 11.0 Å². The van der Waals surface area contributed by atoms with Crippen LogP contribution in [-0.2, 0) is 22.7 Å². The van der Waals surface area contributed by atoms with Crippen molar-refractivity contribution in [3.63, 3.8) is 0 Å². The fourth-order valence-electron chi connectivity index (χ4n) is 5.54. The Hall–Kier alpha value is -2.46. The number of alkyl halides is 3. The lowest BCUT2D eigenvalue weighted by Crippen LogP contribution is -2.46. The number of pyridine rings is 2. The van der Waals surface area contributed by atoms with Crippen molar-refractivity contribution >= 4 is 0 Å². The molecule has 2 fully saturated rings. The second-order valence-corrected chi connectivity index (χ2v) is 9.22. The molecular weight excluding hydrogens is 415 g/mol. The maximum atomic E-state index is 13.0. The molecule has 2 aromatic rings. The average Bonchev–Trinajstić information content (AvgIpc) is 3.23. The van der Waals surface area contributed by atoms with E-state index in [0.29, 0.717) is 12.0 Å². The number of nitriles is 1. The summed E-state index contributed by atoms with van der Waals surface area (Å²) in [6.07, 6.45) is 8.35. The van der Waals surface area contributed by atoms with Crippen molar-refractivity contribution in [1.29, 1.82) is 5.26 Å². The number of aromatic nitrogens is 2. The number of hydrogen-bond donors (Lipinski definition) is 0. The second-order valence-electron chi connectivity index (χ2n) is 9.22. The van der Waals surface area contributed by atoms with Gasteiger partial charge in [-0.2, -0.15) is 18.4 Å². The molecule has 32 heavy (non-hydrogen) atoms. The molecule has 1 atom stereocenters. The van der Waals surface area contributed by atoms with E-state index in [4.69, 9.17) is 15.0 Å². The first-order valence-electron chi connectivity index (χ1n) is 11.4. The lowest BCUT2D eigenvalue weighted by Gasteiger charge is -2.46. The van der Waals surface area contributed by atoms with E-state index in [1.54, 1.807) is 6.07 Å². The summed E-state index contributed by atoms with van der Waals surface area (Å²) in [6.45, 7) is 0.741. The lowest BCUT2D eigenvalue weighted by atomic mass is 9.67. The van der Waals surface area contributed by atoms with E-state index in [9.17, 15) is 13.2 Å². The number of ether oxygens (including phenoxy) is 1. The highest BCUT2D eigenvalue weighted by Crippen LogP contribution is 2.50. The van der Waals surface area contributed by atoms with Gasteiger partial charge in [0.1, 0.15) is 6.07 Å². The molecule has 0 aromatic carbocycles. The van der Waals surface area contributed by atoms with E-state index in [1.807, 2.05) is 18.3 Å². The molecule has 170 valence electrons. The third kappa shape index (κ3) is 4.80. The summed E-state index contributed by atoms with van der Waals surface area (Å²) in [5.74, 6) is 0. The van der Waals surface area contributed by atoms with Crippen LogP contribution in [0.4, 0.5) is 13.2 Å². The van der Waals surface area contributed by atoms with Crippen molar-refractivity contribution in [2.75, 3.05) is 6.61 Å². The van der Waals surface area contributed by atoms with Gasteiger partial charge in [-0.05, 0) is 68.7 Å². The van der Waals surface area contributed by atoms with Gasteiger partial charge >= 0.3 is 6.18 Å². The van der Waals surface area contributed by atoms with Crippen molar-refractivity contribution in [1.82, 2.24) is 9.97 Å². The minimum absolute atomic E-state index is 0.0277. The molecule has 4 nitrogen and oxygen atoms in total. The zero-order valence-corrected chi connectivity index (χ0v) is 18.1. The van der Waals surface area contributed by atoms with Crippen molar-refractivity contribution < 1.29 is 17.9 Å². The summed E-state index contributed by atoms with van der Waals surface area (Å²) in [6, 6.07) is 9.06. The first kappa shape index (κ1) is 22.7. The van der Waals surface area contributed by atoms with Gasteiger partial charge < -0.3 is 4.74 Å². The monoisotopic (exact) mass is 443 g/mol. The molecule has 1 spiro atoms. The summed E-state index contributed by atoms with van der Waals surface area (Å²) in [5.41, 5.74) is 0.210. The maximum absolute atomic E-state index is 13.0. The summed E-state index contributed by atoms with van der Waals surface area (Å²) in [4.78, 5) is 8.24. The first-order chi connectivity index (χ1) is 15.4. The van der Waals surface area contributed by atoms with E-state index >= 15 is 0 Å². The number of aryl methyl sites for hydroxylation is 1. The van der Waals surface area contributed by atoms with Crippen LogP contribution in [0.3, 0.4) is 0 Å². The molecule has 0 radical (unpaired) electrons. The number of halogens is 3. The van der Waals surface area contributed by atoms with Gasteiger partial charge in [0.05, 0.1) is 11.2 Å². The van der Waals surface area contributed by atoms with Crippen LogP contribution in [0.15, 0.2) is 36.7 Å². The SMILES string of the molecule is N#Cc1cc(CCCC[C@@]2(c3ccccn3)CCOC3(CCCC3)C2)cnc1C(F)(F)F. The minimum atomic E-state index is -4.61. The first-order valence-corrected chi connectivity index (χ1v) is 11.4. The van der Waals surface area contributed by atoms with Gasteiger partial charge in [-0.3, -0.25) is 9.97 Å². The Morgan fingerprint density at radius 2 is 1.91 bits per heavy atom. The van der Waals surface area contributed by atoms with Crippen LogP contribution >= 0.6 is 0 Å². The molecule has 0 bridgehead atoms. The molecular formula is C25H28F3N3O. The van der Waals surface area contributed by atoms with Crippen LogP contribution < -0.4 is 0 Å². The molecule has 1 saturated heterocycles. The zero-order chi connectivity index (χ0) is 22.7. The summed E-state index contributed by atoms with van der Waals surface area (Å²) < 4.78 is 45.2. The van der Waals surface area contributed by atoms with E-state index < -0.39 is 17.4 Å². The quantitative estimate of drug-likeness (QED) is 0.503. The predicted molar refractivity (Wildman–Crippen MR) is 114 cm³/mol. The maximum Gasteiger partial charge on any atom is 0.434 e. The molecule has 7 heteroatoms. The molecule has 4 rings (SSSR count). The van der Waals surface area contributed by atoms with Crippen LogP contribution in [0, 0.1) is 11.3 Å². The molecule has 2 aromatic heterocycles. The van der Waals surface area contributed by atoms with E-state index in [2.05, 4.69) is 11.1 Å². The van der Waals surface area contributed by atoms with Gasteiger partial charge in [-0.15, -0.1) is 0 Å². The van der Waals surface area contributed by atoms with Crippen molar-refractivity contribution in [3.05, 3.63) is 59.2 Å². The number of unbranched alkanes of at least 4 members (excludes halogenated alkanes) is 1. The minimum Gasteiger partial charge on any atom is -0.375 e. The number of hydrogen-bond acceptors (Lipinski definition) is 4. The van der Waals surface area contributed by atoms with E-state index in [1.165, 1.54) is 25.1 Å². The number of nitrogens with zero attached hydrogens (tertiary/aromatic N) is 3. The van der Waals surface area contributed by atoms with Crippen molar-refractivity contribution in [2.45, 2.75) is 81.4 Å². The second kappa shape index (κ2) is 9.19. The smallest absolute Gasteiger partial charge is 0.375 e. The fourth-order valence-corrected chi connectivity index (χ4v) is 5.54. The van der Waals surface area contributed by atoms with Crippen LogP contribution in [0.1, 0.15) is 80.3 Å². The van der Waals surface area contributed by atoms with Crippen molar-refractivity contribution in [3.8, 4) is 6.07 Å². The van der Waals surface area contributed by atoms with Crippen LogP contribution in [-0.4, -0.2) is 22.2 Å². The Bertz CT molecular complexity index is 965. The molecule has 1 saturated carbocycles. The summed E-state index contributed by atoms with van der Waals surface area (Å²) in [7, 11) is 0. The normalized spacial score (nSPS) is 22.7. The topological polar surface area (TPSA) is 58.8 Å². The molecule has 3 heterocycles. The van der Waals surface area contributed by atoms with Gasteiger partial charge in [0.15, 0.2) is 5.69 Å². The molecule has 2 aliphatic rings. The Balaban J connectivity index is 1.44. The van der Waals surface area contributed by atoms with Gasteiger partial charge in [0, 0.05) is 30.1 Å². The van der Waals surface area contributed by atoms with Crippen LogP contribution in [0.2, 0.25) is 0 Å². The highest BCUT2D eigenvalue weighted by molar-refractivity contribution is 5.37. The molecule has 0 unspecified atom stereocenters. The third-order valence-corrected chi connectivity index (χ3v) is 7.08. The molecule has 0 N–H and O–H groups in total. The Morgan fingerprint density at radius 1 is 1.09 bits per heavy atom. The predicted octanol–water partition coefficient (Wildman–Crippen LogP) is 6.14. The van der Waals surface area contributed by atoms with Gasteiger partial charge in [-0.25, -0.2) is 0 Å². The molecule has 1 aliphatic heterocycles. The van der Waals surface area contributed by atoms with Gasteiger partial charge in [0.25, 0.3) is 0 Å². The zero-order valence-electron chi connectivity index (χ0n) is 18.1. The molecule has 1 aliphatic carbocycles. The lowest BCUT2D eigenvalue weighted by molar-refractivity contribution is -0.141. The summed E-state index contributed by atoms with van der Waals surface area (Å²) >= 11 is 0. The van der Waals surface area contributed by atoms with Gasteiger partial charge in [0.2, 0.25) is 0 Å². The Kier molecular flexibility index (Phi) is 6.52. The highest BCUT2D eigenvalue weighted by atomic mass is 19.4. The number of rotatable bonds is 6. The fraction of sp³-hybridized carbons (Fsp3) is 0.560. The average molecular weight is 444 g/mol. The van der Waals surface area contributed by atoms with Crippen molar-refractivity contribution in [2.24, 2.45) is 0 Å². The Morgan fingerprint density at radius 3 is 2.59 bits per heavy atom. The van der Waals surface area contributed by atoms with Gasteiger partial charge in [-0.1, -0.05) is 25.3 Å².